The summed E-state index contributed by atoms with van der Waals surface area (Å²) < 4.78 is 11.8. The molecule has 3 heteroatoms. The number of para-hydroxylation sites is 2. The highest BCUT2D eigenvalue weighted by Crippen LogP contribution is 2.28. The summed E-state index contributed by atoms with van der Waals surface area (Å²) >= 11 is 0. The summed E-state index contributed by atoms with van der Waals surface area (Å²) in [5.41, 5.74) is 0. The van der Waals surface area contributed by atoms with E-state index in [1.54, 1.807) is 0 Å². The van der Waals surface area contributed by atoms with Gasteiger partial charge in [-0.15, -0.1) is 0 Å². The lowest BCUT2D eigenvalue weighted by atomic mass is 10.1. The van der Waals surface area contributed by atoms with Crippen LogP contribution in [0.3, 0.4) is 0 Å². The molecule has 1 unspecified atom stereocenters. The van der Waals surface area contributed by atoms with Crippen molar-refractivity contribution in [2.24, 2.45) is 5.92 Å². The molecule has 1 aliphatic rings. The molecular weight excluding hydrogens is 238 g/mol. The van der Waals surface area contributed by atoms with Gasteiger partial charge in [-0.2, -0.15) is 0 Å². The van der Waals surface area contributed by atoms with Gasteiger partial charge in [0.2, 0.25) is 0 Å². The third-order valence-corrected chi connectivity index (χ3v) is 3.36. The first-order chi connectivity index (χ1) is 9.20. The lowest BCUT2D eigenvalue weighted by Gasteiger charge is -2.24. The predicted octanol–water partition coefficient (Wildman–Crippen LogP) is 3.24. The van der Waals surface area contributed by atoms with E-state index in [1.807, 2.05) is 31.2 Å². The number of benzene rings is 1. The van der Waals surface area contributed by atoms with Crippen molar-refractivity contribution in [3.8, 4) is 11.5 Å². The van der Waals surface area contributed by atoms with Crippen molar-refractivity contribution < 1.29 is 9.47 Å². The van der Waals surface area contributed by atoms with Crippen LogP contribution in [0.25, 0.3) is 0 Å². The van der Waals surface area contributed by atoms with Gasteiger partial charge in [0.05, 0.1) is 6.61 Å². The van der Waals surface area contributed by atoms with Gasteiger partial charge >= 0.3 is 0 Å². The number of hydrogen-bond acceptors (Lipinski definition) is 3. The van der Waals surface area contributed by atoms with E-state index in [1.165, 1.54) is 12.8 Å². The molecule has 0 heterocycles. The molecule has 1 saturated carbocycles. The lowest BCUT2D eigenvalue weighted by molar-refractivity contribution is 0.141. The van der Waals surface area contributed by atoms with E-state index in [0.29, 0.717) is 18.6 Å². The number of hydrogen-bond donors (Lipinski definition) is 1. The first-order valence-corrected chi connectivity index (χ1v) is 7.32. The molecule has 0 bridgehead atoms. The first kappa shape index (κ1) is 14.2. The van der Waals surface area contributed by atoms with Crippen LogP contribution in [0.1, 0.15) is 33.6 Å². The Morgan fingerprint density at radius 2 is 1.89 bits per heavy atom. The third-order valence-electron chi connectivity index (χ3n) is 3.36. The Balaban J connectivity index is 1.98. The van der Waals surface area contributed by atoms with E-state index in [-0.39, 0.29) is 6.10 Å². The Hall–Kier alpha value is -1.22. The zero-order valence-electron chi connectivity index (χ0n) is 12.2. The second-order valence-corrected chi connectivity index (χ2v) is 5.46. The second-order valence-electron chi connectivity index (χ2n) is 5.46. The zero-order chi connectivity index (χ0) is 13.7. The highest BCUT2D eigenvalue weighted by molar-refractivity contribution is 5.39. The van der Waals surface area contributed by atoms with Gasteiger partial charge in [-0.3, -0.25) is 0 Å². The van der Waals surface area contributed by atoms with Crippen LogP contribution in [-0.2, 0) is 0 Å². The Morgan fingerprint density at radius 1 is 1.21 bits per heavy atom. The fourth-order valence-electron chi connectivity index (χ4n) is 1.97. The fourth-order valence-corrected chi connectivity index (χ4v) is 1.97. The van der Waals surface area contributed by atoms with E-state index in [2.05, 4.69) is 19.2 Å². The van der Waals surface area contributed by atoms with Crippen LogP contribution in [0.15, 0.2) is 24.3 Å². The molecule has 1 aromatic rings. The minimum absolute atomic E-state index is 0.183. The topological polar surface area (TPSA) is 30.5 Å². The highest BCUT2D eigenvalue weighted by Gasteiger charge is 2.24. The standard InChI is InChI=1S/C16H25NO2/c1-4-18-14-7-5-6-8-15(14)19-16(12(2)3)11-17-13-9-10-13/h5-8,12-13,16-17H,4,9-11H2,1-3H3. The average Bonchev–Trinajstić information content (AvgIpc) is 3.20. The number of nitrogens with one attached hydrogen (secondary N) is 1. The van der Waals surface area contributed by atoms with Gasteiger partial charge in [0.25, 0.3) is 0 Å². The van der Waals surface area contributed by atoms with E-state index in [0.717, 1.165) is 18.0 Å². The van der Waals surface area contributed by atoms with E-state index in [9.17, 15) is 0 Å². The van der Waals surface area contributed by atoms with Crippen molar-refractivity contribution in [1.82, 2.24) is 5.32 Å². The Bertz CT molecular complexity index is 388. The molecule has 0 aliphatic heterocycles. The van der Waals surface area contributed by atoms with Crippen LogP contribution in [0.4, 0.5) is 0 Å². The largest absolute Gasteiger partial charge is 0.490 e. The smallest absolute Gasteiger partial charge is 0.161 e. The first-order valence-electron chi connectivity index (χ1n) is 7.32. The molecule has 1 N–H and O–H groups in total. The molecule has 2 rings (SSSR count). The number of rotatable bonds is 8. The van der Waals surface area contributed by atoms with E-state index >= 15 is 0 Å². The summed E-state index contributed by atoms with van der Waals surface area (Å²) in [5.74, 6) is 2.16. The van der Waals surface area contributed by atoms with Crippen molar-refractivity contribution in [3.05, 3.63) is 24.3 Å². The van der Waals surface area contributed by atoms with Crippen molar-refractivity contribution in [1.29, 1.82) is 0 Å². The SMILES string of the molecule is CCOc1ccccc1OC(CNC1CC1)C(C)C. The van der Waals surface area contributed by atoms with Crippen LogP contribution in [0.2, 0.25) is 0 Å². The van der Waals surface area contributed by atoms with Gasteiger partial charge in [0, 0.05) is 12.6 Å². The summed E-state index contributed by atoms with van der Waals surface area (Å²) in [6.07, 6.45) is 2.79. The van der Waals surface area contributed by atoms with Crippen LogP contribution in [0, 0.1) is 5.92 Å². The normalized spacial score (nSPS) is 16.4. The van der Waals surface area contributed by atoms with Crippen molar-refractivity contribution in [3.63, 3.8) is 0 Å². The van der Waals surface area contributed by atoms with Crippen LogP contribution in [0.5, 0.6) is 11.5 Å². The Kier molecular flexibility index (Phi) is 5.08. The van der Waals surface area contributed by atoms with Gasteiger partial charge in [-0.25, -0.2) is 0 Å². The van der Waals surface area contributed by atoms with Crippen molar-refractivity contribution in [2.45, 2.75) is 45.8 Å². The monoisotopic (exact) mass is 263 g/mol. The van der Waals surface area contributed by atoms with E-state index in [4.69, 9.17) is 9.47 Å². The average molecular weight is 263 g/mol. The minimum Gasteiger partial charge on any atom is -0.490 e. The summed E-state index contributed by atoms with van der Waals surface area (Å²) in [5, 5.41) is 3.54. The molecule has 0 radical (unpaired) electrons. The molecular formula is C16H25NO2. The van der Waals surface area contributed by atoms with Crippen molar-refractivity contribution >= 4 is 0 Å². The summed E-state index contributed by atoms with van der Waals surface area (Å²) in [7, 11) is 0. The molecule has 19 heavy (non-hydrogen) atoms. The van der Waals surface area contributed by atoms with Gasteiger partial charge in [-0.1, -0.05) is 26.0 Å². The summed E-state index contributed by atoms with van der Waals surface area (Å²) in [6, 6.07) is 8.63. The quantitative estimate of drug-likeness (QED) is 0.781. The second kappa shape index (κ2) is 6.80. The molecule has 0 spiro atoms. The summed E-state index contributed by atoms with van der Waals surface area (Å²) in [4.78, 5) is 0. The van der Waals surface area contributed by atoms with Crippen LogP contribution in [-0.4, -0.2) is 25.3 Å². The van der Waals surface area contributed by atoms with Gasteiger partial charge < -0.3 is 14.8 Å². The molecule has 0 amide bonds. The molecule has 1 atom stereocenters. The zero-order valence-corrected chi connectivity index (χ0v) is 12.2. The van der Waals surface area contributed by atoms with Gasteiger partial charge in [0.15, 0.2) is 11.5 Å². The molecule has 0 aromatic heterocycles. The molecule has 106 valence electrons. The predicted molar refractivity (Wildman–Crippen MR) is 77.9 cm³/mol. The highest BCUT2D eigenvalue weighted by atomic mass is 16.5. The molecule has 1 fully saturated rings. The lowest BCUT2D eigenvalue weighted by Crippen LogP contribution is -2.36. The maximum absolute atomic E-state index is 6.15. The Labute approximate surface area is 116 Å². The van der Waals surface area contributed by atoms with Crippen LogP contribution < -0.4 is 14.8 Å². The molecule has 1 aliphatic carbocycles. The maximum atomic E-state index is 6.15. The molecule has 0 saturated heterocycles. The van der Waals surface area contributed by atoms with Crippen LogP contribution >= 0.6 is 0 Å². The molecule has 1 aromatic carbocycles. The fraction of sp³-hybridized carbons (Fsp3) is 0.625. The minimum atomic E-state index is 0.183. The van der Waals surface area contributed by atoms with Crippen molar-refractivity contribution in [2.75, 3.05) is 13.2 Å². The van der Waals surface area contributed by atoms with Gasteiger partial charge in [-0.05, 0) is 37.8 Å². The van der Waals surface area contributed by atoms with E-state index < -0.39 is 0 Å². The number of ether oxygens (including phenoxy) is 2. The Morgan fingerprint density at radius 3 is 2.47 bits per heavy atom. The molecule has 3 nitrogen and oxygen atoms in total. The third kappa shape index (κ3) is 4.43. The van der Waals surface area contributed by atoms with Gasteiger partial charge in [0.1, 0.15) is 6.10 Å². The summed E-state index contributed by atoms with van der Waals surface area (Å²) in [6.45, 7) is 7.95. The maximum Gasteiger partial charge on any atom is 0.161 e.